The van der Waals surface area contributed by atoms with Crippen molar-refractivity contribution in [1.82, 2.24) is 10.2 Å². The molecule has 128 valence electrons. The fourth-order valence-electron chi connectivity index (χ4n) is 2.09. The molecule has 1 amide bonds. The molecule has 0 aliphatic carbocycles. The van der Waals surface area contributed by atoms with Crippen molar-refractivity contribution >= 4 is 23.4 Å². The van der Waals surface area contributed by atoms with Crippen molar-refractivity contribution < 1.29 is 13.6 Å². The number of carbonyl (C=O) groups is 1. The second-order valence-electron chi connectivity index (χ2n) is 5.47. The van der Waals surface area contributed by atoms with Gasteiger partial charge < -0.3 is 9.73 Å². The lowest BCUT2D eigenvalue weighted by Gasteiger charge is -2.10. The number of amides is 1. The zero-order chi connectivity index (χ0) is 17.8. The molecule has 0 unspecified atom stereocenters. The molecule has 0 aliphatic rings. The molecule has 0 aliphatic heterocycles. The van der Waals surface area contributed by atoms with Crippen LogP contribution in [0.2, 0.25) is 0 Å². The first-order valence-electron chi connectivity index (χ1n) is 7.65. The highest BCUT2D eigenvalue weighted by molar-refractivity contribution is 8.00. The Morgan fingerprint density at radius 1 is 1.16 bits per heavy atom. The molecule has 7 heteroatoms. The van der Waals surface area contributed by atoms with Crippen LogP contribution in [0.15, 0.2) is 58.2 Å². The van der Waals surface area contributed by atoms with Gasteiger partial charge in [-0.1, -0.05) is 41.6 Å². The van der Waals surface area contributed by atoms with Gasteiger partial charge in [-0.2, -0.15) is 0 Å². The van der Waals surface area contributed by atoms with Crippen LogP contribution < -0.4 is 5.32 Å². The average Bonchev–Trinajstić information content (AvgIpc) is 3.05. The number of aromatic nitrogens is 2. The highest BCUT2D eigenvalue weighted by atomic mass is 32.2. The van der Waals surface area contributed by atoms with E-state index in [1.165, 1.54) is 6.07 Å². The Labute approximate surface area is 148 Å². The van der Waals surface area contributed by atoms with Crippen LogP contribution in [0, 0.1) is 12.7 Å². The van der Waals surface area contributed by atoms with Gasteiger partial charge in [0.15, 0.2) is 0 Å². The monoisotopic (exact) mass is 357 g/mol. The predicted molar refractivity (Wildman–Crippen MR) is 94.8 cm³/mol. The highest BCUT2D eigenvalue weighted by Gasteiger charge is 2.19. The Bertz CT molecular complexity index is 880. The van der Waals surface area contributed by atoms with Crippen molar-refractivity contribution in [1.29, 1.82) is 0 Å². The lowest BCUT2D eigenvalue weighted by Crippen LogP contribution is -2.22. The normalized spacial score (nSPS) is 12.0. The molecule has 0 spiro atoms. The molecule has 1 N–H and O–H groups in total. The maximum Gasteiger partial charge on any atom is 0.277 e. The van der Waals surface area contributed by atoms with Crippen molar-refractivity contribution in [2.45, 2.75) is 24.3 Å². The van der Waals surface area contributed by atoms with Crippen LogP contribution in [0.25, 0.3) is 11.5 Å². The van der Waals surface area contributed by atoms with Gasteiger partial charge in [-0.05, 0) is 38.1 Å². The summed E-state index contributed by atoms with van der Waals surface area (Å²) >= 11 is 1.12. The third kappa shape index (κ3) is 4.24. The molecule has 0 saturated heterocycles. The van der Waals surface area contributed by atoms with Crippen molar-refractivity contribution in [3.63, 3.8) is 0 Å². The third-order valence-electron chi connectivity index (χ3n) is 3.48. The number of nitrogens with one attached hydrogen (secondary N) is 1. The molecule has 25 heavy (non-hydrogen) atoms. The van der Waals surface area contributed by atoms with Crippen molar-refractivity contribution in [3.8, 4) is 11.5 Å². The lowest BCUT2D eigenvalue weighted by molar-refractivity contribution is -0.115. The van der Waals surface area contributed by atoms with Crippen LogP contribution in [0.5, 0.6) is 0 Å². The van der Waals surface area contributed by atoms with Gasteiger partial charge >= 0.3 is 0 Å². The molecular weight excluding hydrogens is 341 g/mol. The van der Waals surface area contributed by atoms with E-state index in [0.29, 0.717) is 0 Å². The van der Waals surface area contributed by atoms with E-state index in [4.69, 9.17) is 4.42 Å². The molecule has 0 fully saturated rings. The molecule has 1 aromatic heterocycles. The molecule has 0 bridgehead atoms. The number of carbonyl (C=O) groups excluding carboxylic acids is 1. The molecule has 0 radical (unpaired) electrons. The summed E-state index contributed by atoms with van der Waals surface area (Å²) in [6.07, 6.45) is 0. The maximum atomic E-state index is 13.7. The Kier molecular flexibility index (Phi) is 5.14. The number of benzene rings is 2. The van der Waals surface area contributed by atoms with Gasteiger partial charge in [-0.15, -0.1) is 10.2 Å². The zero-order valence-corrected chi connectivity index (χ0v) is 14.5. The minimum Gasteiger partial charge on any atom is -0.411 e. The largest absolute Gasteiger partial charge is 0.411 e. The van der Waals surface area contributed by atoms with E-state index < -0.39 is 11.1 Å². The molecule has 3 rings (SSSR count). The van der Waals surface area contributed by atoms with E-state index in [1.54, 1.807) is 25.1 Å². The first-order valence-corrected chi connectivity index (χ1v) is 8.53. The Morgan fingerprint density at radius 2 is 1.88 bits per heavy atom. The van der Waals surface area contributed by atoms with E-state index in [1.807, 2.05) is 31.2 Å². The molecule has 1 atom stereocenters. The fourth-order valence-corrected chi connectivity index (χ4v) is 2.77. The minimum absolute atomic E-state index is 0.0896. The molecule has 3 aromatic rings. The van der Waals surface area contributed by atoms with Crippen LogP contribution >= 0.6 is 11.8 Å². The van der Waals surface area contributed by atoms with Gasteiger partial charge in [0, 0.05) is 5.69 Å². The predicted octanol–water partition coefficient (Wildman–Crippen LogP) is 4.30. The second-order valence-corrected chi connectivity index (χ2v) is 6.76. The number of thioether (sulfide) groups is 1. The van der Waals surface area contributed by atoms with Crippen LogP contribution in [0.3, 0.4) is 0 Å². The first kappa shape index (κ1) is 17.2. The zero-order valence-electron chi connectivity index (χ0n) is 13.7. The van der Waals surface area contributed by atoms with Gasteiger partial charge in [0.25, 0.3) is 11.1 Å². The quantitative estimate of drug-likeness (QED) is 0.690. The summed E-state index contributed by atoms with van der Waals surface area (Å²) in [5, 5.41) is 10.3. The first-order chi connectivity index (χ1) is 12.0. The summed E-state index contributed by atoms with van der Waals surface area (Å²) in [6, 6.07) is 13.7. The topological polar surface area (TPSA) is 68.0 Å². The van der Waals surface area contributed by atoms with Crippen molar-refractivity contribution in [2.75, 3.05) is 5.32 Å². The molecular formula is C18H16FN3O2S. The summed E-state index contributed by atoms with van der Waals surface area (Å²) in [5.74, 6) is -0.529. The average molecular weight is 357 g/mol. The number of hydrogen-bond acceptors (Lipinski definition) is 5. The van der Waals surface area contributed by atoms with Crippen LogP contribution in [-0.2, 0) is 4.79 Å². The molecule has 1 heterocycles. The van der Waals surface area contributed by atoms with Crippen molar-refractivity contribution in [2.24, 2.45) is 0 Å². The molecule has 2 aromatic carbocycles. The van der Waals surface area contributed by atoms with Crippen LogP contribution in [0.1, 0.15) is 12.5 Å². The number of anilines is 1. The lowest BCUT2D eigenvalue weighted by atomic mass is 10.2. The van der Waals surface area contributed by atoms with E-state index in [2.05, 4.69) is 15.5 Å². The number of hydrogen-bond donors (Lipinski definition) is 1. The smallest absolute Gasteiger partial charge is 0.277 e. The van der Waals surface area contributed by atoms with Gasteiger partial charge in [0.05, 0.1) is 10.8 Å². The van der Waals surface area contributed by atoms with Gasteiger partial charge in [0.2, 0.25) is 5.91 Å². The number of aryl methyl sites for hydroxylation is 1. The fraction of sp³-hybridized carbons (Fsp3) is 0.167. The van der Waals surface area contributed by atoms with Crippen LogP contribution in [0.4, 0.5) is 10.1 Å². The van der Waals surface area contributed by atoms with E-state index in [-0.39, 0.29) is 22.6 Å². The summed E-state index contributed by atoms with van der Waals surface area (Å²) in [7, 11) is 0. The summed E-state index contributed by atoms with van der Waals surface area (Å²) in [5.41, 5.74) is 2.08. The second kappa shape index (κ2) is 7.48. The van der Waals surface area contributed by atoms with E-state index in [0.717, 1.165) is 23.0 Å². The Morgan fingerprint density at radius 3 is 2.60 bits per heavy atom. The van der Waals surface area contributed by atoms with Gasteiger partial charge in [-0.3, -0.25) is 4.79 Å². The standard InChI is InChI=1S/C18H16FN3O2S/c1-11-7-9-13(10-8-11)20-16(23)12(2)25-18-22-21-17(24-18)14-5-3-4-6-15(14)19/h3-10,12H,1-2H3,(H,20,23)/t12-/m0/s1. The Balaban J connectivity index is 1.65. The van der Waals surface area contributed by atoms with Crippen molar-refractivity contribution in [3.05, 3.63) is 59.9 Å². The third-order valence-corrected chi connectivity index (χ3v) is 4.41. The summed E-state index contributed by atoms with van der Waals surface area (Å²) < 4.78 is 19.2. The summed E-state index contributed by atoms with van der Waals surface area (Å²) in [6.45, 7) is 3.72. The van der Waals surface area contributed by atoms with E-state index in [9.17, 15) is 9.18 Å². The molecule has 0 saturated carbocycles. The van der Waals surface area contributed by atoms with Crippen LogP contribution in [-0.4, -0.2) is 21.4 Å². The highest BCUT2D eigenvalue weighted by Crippen LogP contribution is 2.27. The number of rotatable bonds is 5. The maximum absolute atomic E-state index is 13.7. The van der Waals surface area contributed by atoms with E-state index >= 15 is 0 Å². The molecule has 5 nitrogen and oxygen atoms in total. The Hall–Kier alpha value is -2.67. The summed E-state index contributed by atoms with van der Waals surface area (Å²) in [4.78, 5) is 12.3. The van der Waals surface area contributed by atoms with Gasteiger partial charge in [-0.25, -0.2) is 4.39 Å². The number of nitrogens with zero attached hydrogens (tertiary/aromatic N) is 2. The number of halogens is 1. The SMILES string of the molecule is Cc1ccc(NC(=O)[C@H](C)Sc2nnc(-c3ccccc3F)o2)cc1. The van der Waals surface area contributed by atoms with Gasteiger partial charge in [0.1, 0.15) is 5.82 Å². The minimum atomic E-state index is -0.449.